The first-order chi connectivity index (χ1) is 16.3. The lowest BCUT2D eigenvalue weighted by atomic mass is 10.1. The Balaban J connectivity index is 1.87. The van der Waals surface area contributed by atoms with Crippen molar-refractivity contribution in [3.05, 3.63) is 97.5 Å². The Morgan fingerprint density at radius 2 is 1.97 bits per heavy atom. The predicted molar refractivity (Wildman–Crippen MR) is 129 cm³/mol. The van der Waals surface area contributed by atoms with Crippen molar-refractivity contribution in [1.29, 1.82) is 5.26 Å². The molecule has 0 unspecified atom stereocenters. The average Bonchev–Trinajstić information content (AvgIpc) is 2.82. The van der Waals surface area contributed by atoms with E-state index in [-0.39, 0.29) is 23.6 Å². The second-order valence-corrected chi connectivity index (χ2v) is 7.70. The van der Waals surface area contributed by atoms with Crippen LogP contribution in [0.1, 0.15) is 11.1 Å². The number of rotatable bonds is 8. The van der Waals surface area contributed by atoms with Crippen molar-refractivity contribution in [1.82, 2.24) is 0 Å². The first-order valence-electron chi connectivity index (χ1n) is 9.73. The minimum absolute atomic E-state index is 0.103. The zero-order valence-electron chi connectivity index (χ0n) is 17.7. The van der Waals surface area contributed by atoms with Gasteiger partial charge in [0, 0.05) is 45.1 Å². The van der Waals surface area contributed by atoms with Crippen LogP contribution in [-0.2, 0) is 11.4 Å². The summed E-state index contributed by atoms with van der Waals surface area (Å²) in [5.41, 5.74) is 0.895. The van der Waals surface area contributed by atoms with E-state index in [1.54, 1.807) is 36.4 Å². The Morgan fingerprint density at radius 3 is 2.65 bits per heavy atom. The molecule has 8 nitrogen and oxygen atoms in total. The van der Waals surface area contributed by atoms with Crippen molar-refractivity contribution in [3.63, 3.8) is 0 Å². The molecule has 172 valence electrons. The van der Waals surface area contributed by atoms with Crippen LogP contribution in [0.25, 0.3) is 6.08 Å². The highest BCUT2D eigenvalue weighted by atomic mass is 35.5. The van der Waals surface area contributed by atoms with E-state index in [4.69, 9.17) is 32.7 Å². The molecule has 1 amide bonds. The molecule has 3 rings (SSSR count). The van der Waals surface area contributed by atoms with Crippen LogP contribution in [0, 0.1) is 21.4 Å². The summed E-state index contributed by atoms with van der Waals surface area (Å²) >= 11 is 12.1. The third-order valence-electron chi connectivity index (χ3n) is 4.60. The summed E-state index contributed by atoms with van der Waals surface area (Å²) in [5, 5.41) is 23.9. The fourth-order valence-corrected chi connectivity index (χ4v) is 3.34. The number of nitriles is 1. The second kappa shape index (κ2) is 11.2. The summed E-state index contributed by atoms with van der Waals surface area (Å²) in [5.74, 6) is 0.126. The molecule has 10 heteroatoms. The number of nitro benzene ring substituents is 1. The number of anilines is 1. The molecule has 0 atom stereocenters. The standard InChI is InChI=1S/C24H17Cl2N3O5/c1-33-21-8-6-15(23(12-21)34-14-16-5-7-18(25)10-22(16)26)9-17(13-27)24(30)28-19-3-2-4-20(11-19)29(31)32/h2-12H,14H2,1H3,(H,28,30)/b17-9+. The van der Waals surface area contributed by atoms with E-state index in [1.807, 2.05) is 6.07 Å². The van der Waals surface area contributed by atoms with Gasteiger partial charge in [-0.2, -0.15) is 5.26 Å². The summed E-state index contributed by atoms with van der Waals surface area (Å²) in [7, 11) is 1.50. The highest BCUT2D eigenvalue weighted by molar-refractivity contribution is 6.35. The lowest BCUT2D eigenvalue weighted by molar-refractivity contribution is -0.384. The number of nitro groups is 1. The van der Waals surface area contributed by atoms with Gasteiger partial charge in [-0.1, -0.05) is 35.3 Å². The number of benzene rings is 3. The molecule has 0 aromatic heterocycles. The molecule has 0 radical (unpaired) electrons. The molecule has 0 saturated carbocycles. The molecular weight excluding hydrogens is 481 g/mol. The van der Waals surface area contributed by atoms with Gasteiger partial charge in [0.05, 0.1) is 12.0 Å². The predicted octanol–water partition coefficient (Wildman–Crippen LogP) is 6.03. The molecule has 3 aromatic rings. The number of carbonyl (C=O) groups is 1. The van der Waals surface area contributed by atoms with Crippen molar-refractivity contribution in [2.45, 2.75) is 6.61 Å². The third kappa shape index (κ3) is 6.25. The number of hydrogen-bond donors (Lipinski definition) is 1. The van der Waals surface area contributed by atoms with Crippen molar-refractivity contribution >= 4 is 46.6 Å². The fraction of sp³-hybridized carbons (Fsp3) is 0.0833. The van der Waals surface area contributed by atoms with Gasteiger partial charge < -0.3 is 14.8 Å². The van der Waals surface area contributed by atoms with Gasteiger partial charge in [0.1, 0.15) is 29.7 Å². The Hall–Kier alpha value is -4.06. The molecule has 0 aliphatic heterocycles. The van der Waals surface area contributed by atoms with Gasteiger partial charge >= 0.3 is 0 Å². The lowest BCUT2D eigenvalue weighted by Gasteiger charge is -2.13. The number of non-ortho nitro benzene ring substituents is 1. The van der Waals surface area contributed by atoms with Crippen molar-refractivity contribution < 1.29 is 19.2 Å². The number of hydrogen-bond acceptors (Lipinski definition) is 6. The molecule has 0 fully saturated rings. The van der Waals surface area contributed by atoms with Crippen molar-refractivity contribution in [3.8, 4) is 17.6 Å². The Kier molecular flexibility index (Phi) is 8.09. The largest absolute Gasteiger partial charge is 0.497 e. The summed E-state index contributed by atoms with van der Waals surface area (Å²) in [4.78, 5) is 23.0. The average molecular weight is 498 g/mol. The topological polar surface area (TPSA) is 114 Å². The molecule has 34 heavy (non-hydrogen) atoms. The first-order valence-corrected chi connectivity index (χ1v) is 10.5. The molecule has 3 aromatic carbocycles. The third-order valence-corrected chi connectivity index (χ3v) is 5.19. The maximum atomic E-state index is 12.7. The molecule has 0 aliphatic carbocycles. The number of nitrogens with zero attached hydrogens (tertiary/aromatic N) is 2. The second-order valence-electron chi connectivity index (χ2n) is 6.86. The van der Waals surface area contributed by atoms with Crippen molar-refractivity contribution in [2.75, 3.05) is 12.4 Å². The van der Waals surface area contributed by atoms with Gasteiger partial charge in [-0.25, -0.2) is 0 Å². The van der Waals surface area contributed by atoms with Crippen LogP contribution in [-0.4, -0.2) is 17.9 Å². The molecule has 0 aliphatic rings. The first kappa shape index (κ1) is 24.6. The number of ether oxygens (including phenoxy) is 2. The number of methoxy groups -OCH3 is 1. The summed E-state index contributed by atoms with van der Waals surface area (Å²) < 4.78 is 11.1. The van der Waals surface area contributed by atoms with Gasteiger partial charge in [0.25, 0.3) is 11.6 Å². The Bertz CT molecular complexity index is 1320. The quantitative estimate of drug-likeness (QED) is 0.175. The highest BCUT2D eigenvalue weighted by Gasteiger charge is 2.14. The molecule has 0 bridgehead atoms. The van der Waals surface area contributed by atoms with Crippen LogP contribution < -0.4 is 14.8 Å². The van der Waals surface area contributed by atoms with E-state index in [9.17, 15) is 20.2 Å². The van der Waals surface area contributed by atoms with Gasteiger partial charge in [-0.15, -0.1) is 0 Å². The number of halogens is 2. The fourth-order valence-electron chi connectivity index (χ4n) is 2.88. The Morgan fingerprint density at radius 1 is 1.18 bits per heavy atom. The van der Waals surface area contributed by atoms with Crippen LogP contribution in [0.5, 0.6) is 11.5 Å². The van der Waals surface area contributed by atoms with Gasteiger partial charge in [0.2, 0.25) is 0 Å². The van der Waals surface area contributed by atoms with Crippen molar-refractivity contribution in [2.24, 2.45) is 0 Å². The monoisotopic (exact) mass is 497 g/mol. The van der Waals surface area contributed by atoms with Gasteiger partial charge in [0.15, 0.2) is 0 Å². The van der Waals surface area contributed by atoms with Crippen LogP contribution >= 0.6 is 23.2 Å². The summed E-state index contributed by atoms with van der Waals surface area (Å²) in [6.07, 6.45) is 1.35. The maximum Gasteiger partial charge on any atom is 0.271 e. The van der Waals surface area contributed by atoms with E-state index >= 15 is 0 Å². The number of nitrogens with one attached hydrogen (secondary N) is 1. The highest BCUT2D eigenvalue weighted by Crippen LogP contribution is 2.29. The van der Waals surface area contributed by atoms with E-state index < -0.39 is 10.8 Å². The van der Waals surface area contributed by atoms with Crippen LogP contribution in [0.3, 0.4) is 0 Å². The molecule has 0 heterocycles. The van der Waals surface area contributed by atoms with E-state index in [2.05, 4.69) is 5.32 Å². The minimum Gasteiger partial charge on any atom is -0.497 e. The summed E-state index contributed by atoms with van der Waals surface area (Å²) in [6.45, 7) is 0.103. The van der Waals surface area contributed by atoms with Gasteiger partial charge in [-0.05, 0) is 36.4 Å². The number of carbonyl (C=O) groups excluding carboxylic acids is 1. The zero-order valence-corrected chi connectivity index (χ0v) is 19.3. The van der Waals surface area contributed by atoms with Crippen LogP contribution in [0.2, 0.25) is 10.0 Å². The van der Waals surface area contributed by atoms with Gasteiger partial charge in [-0.3, -0.25) is 14.9 Å². The number of amides is 1. The van der Waals surface area contributed by atoms with E-state index in [0.717, 1.165) is 0 Å². The van der Waals surface area contributed by atoms with Crippen LogP contribution in [0.15, 0.2) is 66.2 Å². The maximum absolute atomic E-state index is 12.7. The van der Waals surface area contributed by atoms with E-state index in [1.165, 1.54) is 37.5 Å². The smallest absolute Gasteiger partial charge is 0.271 e. The summed E-state index contributed by atoms with van der Waals surface area (Å²) in [6, 6.07) is 17.2. The zero-order chi connectivity index (χ0) is 24.7. The molecule has 0 saturated heterocycles. The Labute approximate surface area is 205 Å². The SMILES string of the molecule is COc1ccc(/C=C(\C#N)C(=O)Nc2cccc([N+](=O)[O-])c2)c(OCc2ccc(Cl)cc2Cl)c1. The normalized spacial score (nSPS) is 10.8. The molecule has 1 N–H and O–H groups in total. The minimum atomic E-state index is -0.731. The molecular formula is C24H17Cl2N3O5. The van der Waals surface area contributed by atoms with E-state index in [0.29, 0.717) is 32.7 Å². The molecule has 0 spiro atoms. The van der Waals surface area contributed by atoms with Crippen LogP contribution in [0.4, 0.5) is 11.4 Å². The lowest BCUT2D eigenvalue weighted by Crippen LogP contribution is -2.13.